The zero-order chi connectivity index (χ0) is 32.3. The first-order chi connectivity index (χ1) is 20.8. The molecule has 2 aliphatic heterocycles. The van der Waals surface area contributed by atoms with Crippen LogP contribution in [0.4, 0.5) is 9.59 Å². The minimum Gasteiger partial charge on any atom is -0.463 e. The van der Waals surface area contributed by atoms with E-state index in [1.165, 1.54) is 6.92 Å². The summed E-state index contributed by atoms with van der Waals surface area (Å²) in [7, 11) is 0. The first-order valence-corrected chi connectivity index (χ1v) is 15.5. The van der Waals surface area contributed by atoms with Crippen LogP contribution < -0.4 is 10.6 Å². The van der Waals surface area contributed by atoms with E-state index in [1.807, 2.05) is 39.0 Å². The Bertz CT molecular complexity index is 1150. The molecule has 2 saturated heterocycles. The van der Waals surface area contributed by atoms with E-state index in [0.717, 1.165) is 18.4 Å². The number of carbonyl (C=O) groups is 5. The van der Waals surface area contributed by atoms with E-state index in [1.54, 1.807) is 28.9 Å². The molecule has 244 valence electrons. The molecule has 1 aromatic rings. The number of hydrogen-bond donors (Lipinski definition) is 2. The van der Waals surface area contributed by atoms with Crippen molar-refractivity contribution in [2.75, 3.05) is 32.8 Å². The molecule has 0 aliphatic carbocycles. The normalized spacial score (nSPS) is 18.9. The Hall–Kier alpha value is -3.83. The smallest absolute Gasteiger partial charge is 0.410 e. The number of esters is 1. The first-order valence-electron chi connectivity index (χ1n) is 15.5. The Balaban J connectivity index is 1.49. The Kier molecular flexibility index (Phi) is 12.4. The third-order valence-electron chi connectivity index (χ3n) is 7.80. The number of amides is 4. The molecule has 0 radical (unpaired) electrons. The predicted molar refractivity (Wildman–Crippen MR) is 162 cm³/mol. The highest BCUT2D eigenvalue weighted by Gasteiger charge is 2.41. The summed E-state index contributed by atoms with van der Waals surface area (Å²) in [5.41, 5.74) is -1.63. The summed E-state index contributed by atoms with van der Waals surface area (Å²) < 4.78 is 15.8. The van der Waals surface area contributed by atoms with Crippen LogP contribution in [0.2, 0.25) is 0 Å². The lowest BCUT2D eigenvalue weighted by Gasteiger charge is -2.36. The molecular weight excluding hydrogens is 568 g/mol. The van der Waals surface area contributed by atoms with Gasteiger partial charge in [0.25, 0.3) is 0 Å². The van der Waals surface area contributed by atoms with Crippen molar-refractivity contribution in [1.82, 2.24) is 20.4 Å². The number of nitrogens with zero attached hydrogens (tertiary/aromatic N) is 2. The number of hydrogen-bond acceptors (Lipinski definition) is 8. The summed E-state index contributed by atoms with van der Waals surface area (Å²) in [6.45, 7) is 10.5. The average molecular weight is 617 g/mol. The molecule has 44 heavy (non-hydrogen) atoms. The average Bonchev–Trinajstić information content (AvgIpc) is 2.99. The minimum atomic E-state index is -1.86. The second-order valence-electron chi connectivity index (χ2n) is 12.6. The van der Waals surface area contributed by atoms with E-state index in [-0.39, 0.29) is 31.8 Å². The fourth-order valence-electron chi connectivity index (χ4n) is 5.35. The quantitative estimate of drug-likeness (QED) is 0.228. The summed E-state index contributed by atoms with van der Waals surface area (Å²) in [5.74, 6) is -1.53. The predicted octanol–water partition coefficient (Wildman–Crippen LogP) is 3.97. The van der Waals surface area contributed by atoms with Crippen LogP contribution in [0, 0.1) is 11.8 Å². The summed E-state index contributed by atoms with van der Waals surface area (Å²) in [6, 6.07) is 9.07. The van der Waals surface area contributed by atoms with Gasteiger partial charge in [-0.3, -0.25) is 14.9 Å². The highest BCUT2D eigenvalue weighted by Crippen LogP contribution is 2.25. The Morgan fingerprint density at radius 1 is 0.886 bits per heavy atom. The number of carbonyl (C=O) groups excluding carboxylic acids is 5. The lowest BCUT2D eigenvalue weighted by Crippen LogP contribution is -2.65. The molecule has 3 rings (SSSR count). The van der Waals surface area contributed by atoms with Gasteiger partial charge in [-0.05, 0) is 78.2 Å². The summed E-state index contributed by atoms with van der Waals surface area (Å²) in [5, 5.41) is 5.09. The van der Waals surface area contributed by atoms with Crippen LogP contribution in [0.1, 0.15) is 78.7 Å². The van der Waals surface area contributed by atoms with Crippen molar-refractivity contribution in [2.45, 2.75) is 91.0 Å². The lowest BCUT2D eigenvalue weighted by molar-refractivity contribution is -0.155. The molecular formula is C32H48N4O8. The fraction of sp³-hybridized carbons (Fsp3) is 0.656. The molecule has 2 N–H and O–H groups in total. The van der Waals surface area contributed by atoms with Gasteiger partial charge in [-0.15, -0.1) is 0 Å². The SMILES string of the molecule is CCOC(=O)[C@@](C)(NC(=O)OCc1ccccc1)NC(=O)[C@@H]1CCCN(C(=O)CCC2CCN(C(=O)OC(C)(C)C)CC2)C1. The summed E-state index contributed by atoms with van der Waals surface area (Å²) in [6.07, 6.45) is 2.68. The molecule has 4 amide bonds. The third-order valence-corrected chi connectivity index (χ3v) is 7.80. The van der Waals surface area contributed by atoms with Crippen molar-refractivity contribution in [3.05, 3.63) is 35.9 Å². The molecule has 2 heterocycles. The van der Waals surface area contributed by atoms with Crippen molar-refractivity contribution < 1.29 is 38.2 Å². The van der Waals surface area contributed by atoms with E-state index in [0.29, 0.717) is 51.2 Å². The van der Waals surface area contributed by atoms with E-state index >= 15 is 0 Å². The molecule has 12 heteroatoms. The van der Waals surface area contributed by atoms with E-state index in [4.69, 9.17) is 14.2 Å². The van der Waals surface area contributed by atoms with Crippen LogP contribution in [0.25, 0.3) is 0 Å². The second-order valence-corrected chi connectivity index (χ2v) is 12.6. The third kappa shape index (κ3) is 10.7. The topological polar surface area (TPSA) is 144 Å². The van der Waals surface area contributed by atoms with Gasteiger partial charge in [0.1, 0.15) is 12.2 Å². The number of likely N-dealkylation sites (tertiary alicyclic amines) is 2. The molecule has 0 aromatic heterocycles. The van der Waals surface area contributed by atoms with Gasteiger partial charge in [0.2, 0.25) is 17.5 Å². The van der Waals surface area contributed by atoms with Gasteiger partial charge in [-0.2, -0.15) is 0 Å². The Labute approximate surface area is 260 Å². The van der Waals surface area contributed by atoms with Crippen molar-refractivity contribution in [3.8, 4) is 0 Å². The maximum absolute atomic E-state index is 13.3. The van der Waals surface area contributed by atoms with Gasteiger partial charge in [-0.25, -0.2) is 14.4 Å². The standard InChI is InChI=1S/C32H48N4O8/c1-6-42-28(39)32(5,34-29(40)43-22-24-11-8-7-9-12-24)33-27(38)25-13-10-18-36(21-25)26(37)15-14-23-16-19-35(20-17-23)30(41)44-31(2,3)4/h7-9,11-12,23,25H,6,10,13-22H2,1-5H3,(H,33,38)(H,34,40)/t25-,32-/m1/s1. The van der Waals surface area contributed by atoms with E-state index in [2.05, 4.69) is 10.6 Å². The molecule has 12 nitrogen and oxygen atoms in total. The van der Waals surface area contributed by atoms with Gasteiger partial charge >= 0.3 is 18.2 Å². The highest BCUT2D eigenvalue weighted by molar-refractivity contribution is 5.91. The van der Waals surface area contributed by atoms with Crippen LogP contribution in [-0.4, -0.2) is 83.8 Å². The molecule has 1 aromatic carbocycles. The number of ether oxygens (including phenoxy) is 3. The van der Waals surface area contributed by atoms with Gasteiger partial charge in [0, 0.05) is 32.6 Å². The Morgan fingerprint density at radius 3 is 2.20 bits per heavy atom. The van der Waals surface area contributed by atoms with Gasteiger partial charge in [0.05, 0.1) is 12.5 Å². The number of nitrogens with one attached hydrogen (secondary N) is 2. The van der Waals surface area contributed by atoms with Crippen LogP contribution >= 0.6 is 0 Å². The van der Waals surface area contributed by atoms with Crippen LogP contribution in [0.3, 0.4) is 0 Å². The highest BCUT2D eigenvalue weighted by atomic mass is 16.6. The van der Waals surface area contributed by atoms with Crippen molar-refractivity contribution in [3.63, 3.8) is 0 Å². The maximum Gasteiger partial charge on any atom is 0.410 e. The van der Waals surface area contributed by atoms with Crippen molar-refractivity contribution in [1.29, 1.82) is 0 Å². The summed E-state index contributed by atoms with van der Waals surface area (Å²) >= 11 is 0. The van der Waals surface area contributed by atoms with Gasteiger partial charge in [-0.1, -0.05) is 30.3 Å². The molecule has 2 aliphatic rings. The molecule has 0 unspecified atom stereocenters. The van der Waals surface area contributed by atoms with Crippen LogP contribution in [-0.2, 0) is 35.2 Å². The van der Waals surface area contributed by atoms with Crippen LogP contribution in [0.15, 0.2) is 30.3 Å². The Morgan fingerprint density at radius 2 is 1.57 bits per heavy atom. The summed E-state index contributed by atoms with van der Waals surface area (Å²) in [4.78, 5) is 67.6. The van der Waals surface area contributed by atoms with E-state index in [9.17, 15) is 24.0 Å². The van der Waals surface area contributed by atoms with Crippen LogP contribution in [0.5, 0.6) is 0 Å². The zero-order valence-electron chi connectivity index (χ0n) is 26.7. The second kappa shape index (κ2) is 15.8. The molecule has 2 atom stereocenters. The molecule has 0 spiro atoms. The first kappa shape index (κ1) is 34.7. The van der Waals surface area contributed by atoms with E-state index < -0.39 is 35.2 Å². The zero-order valence-corrected chi connectivity index (χ0v) is 26.7. The van der Waals surface area contributed by atoms with Crippen molar-refractivity contribution in [2.24, 2.45) is 11.8 Å². The monoisotopic (exact) mass is 616 g/mol. The van der Waals surface area contributed by atoms with Gasteiger partial charge in [0.15, 0.2) is 0 Å². The number of rotatable bonds is 10. The number of alkyl carbamates (subject to hydrolysis) is 1. The molecule has 2 fully saturated rings. The largest absolute Gasteiger partial charge is 0.463 e. The van der Waals surface area contributed by atoms with Crippen molar-refractivity contribution >= 4 is 30.0 Å². The maximum atomic E-state index is 13.3. The minimum absolute atomic E-state index is 0.0118. The molecule has 0 bridgehead atoms. The number of piperidine rings is 2. The number of benzene rings is 1. The lowest BCUT2D eigenvalue weighted by atomic mass is 9.91. The molecule has 0 saturated carbocycles. The van der Waals surface area contributed by atoms with Gasteiger partial charge < -0.3 is 29.3 Å². The fourth-order valence-corrected chi connectivity index (χ4v) is 5.35.